The van der Waals surface area contributed by atoms with Gasteiger partial charge in [0.05, 0.1) is 0 Å². The second-order valence-electron chi connectivity index (χ2n) is 5.30. The molecule has 1 fully saturated rings. The van der Waals surface area contributed by atoms with Gasteiger partial charge in [-0.05, 0) is 64.2 Å². The first-order valence-corrected chi connectivity index (χ1v) is 7.75. The third kappa shape index (κ3) is 4.49. The SMILES string of the molecule is CC(Oc1ccc(Br)cc1)C(=O)NC1CCN(C)CC1. The summed E-state index contributed by atoms with van der Waals surface area (Å²) in [6.45, 7) is 3.85. The number of carbonyl (C=O) groups is 1. The van der Waals surface area contributed by atoms with Gasteiger partial charge in [-0.2, -0.15) is 0 Å². The van der Waals surface area contributed by atoms with Crippen LogP contribution in [0.4, 0.5) is 0 Å². The summed E-state index contributed by atoms with van der Waals surface area (Å²) in [6, 6.07) is 7.77. The van der Waals surface area contributed by atoms with Crippen molar-refractivity contribution < 1.29 is 9.53 Å². The van der Waals surface area contributed by atoms with Crippen molar-refractivity contribution >= 4 is 21.8 Å². The van der Waals surface area contributed by atoms with Crippen LogP contribution >= 0.6 is 15.9 Å². The van der Waals surface area contributed by atoms with Crippen molar-refractivity contribution in [3.8, 4) is 5.75 Å². The summed E-state index contributed by atoms with van der Waals surface area (Å²) in [7, 11) is 2.11. The zero-order valence-corrected chi connectivity index (χ0v) is 13.5. The smallest absolute Gasteiger partial charge is 0.260 e. The van der Waals surface area contributed by atoms with Gasteiger partial charge in [-0.1, -0.05) is 15.9 Å². The Morgan fingerprint density at radius 1 is 1.35 bits per heavy atom. The molecule has 1 aromatic rings. The zero-order valence-electron chi connectivity index (χ0n) is 11.9. The molecule has 1 N–H and O–H groups in total. The van der Waals surface area contributed by atoms with Crippen LogP contribution in [0.2, 0.25) is 0 Å². The Labute approximate surface area is 128 Å². The van der Waals surface area contributed by atoms with Gasteiger partial charge < -0.3 is 15.0 Å². The largest absolute Gasteiger partial charge is 0.481 e. The van der Waals surface area contributed by atoms with Crippen LogP contribution in [0.15, 0.2) is 28.7 Å². The lowest BCUT2D eigenvalue weighted by Gasteiger charge is -2.30. The fourth-order valence-electron chi connectivity index (χ4n) is 2.24. The number of nitrogens with zero attached hydrogens (tertiary/aromatic N) is 1. The number of likely N-dealkylation sites (tertiary alicyclic amines) is 1. The maximum atomic E-state index is 12.1. The molecule has 2 rings (SSSR count). The second-order valence-corrected chi connectivity index (χ2v) is 6.22. The summed E-state index contributed by atoms with van der Waals surface area (Å²) >= 11 is 3.37. The van der Waals surface area contributed by atoms with Gasteiger partial charge in [0.25, 0.3) is 5.91 Å². The van der Waals surface area contributed by atoms with Gasteiger partial charge in [-0.3, -0.25) is 4.79 Å². The molecule has 1 aliphatic rings. The molecular formula is C15H21BrN2O2. The van der Waals surface area contributed by atoms with E-state index >= 15 is 0 Å². The molecule has 1 amide bonds. The first kappa shape index (κ1) is 15.3. The van der Waals surface area contributed by atoms with Crippen molar-refractivity contribution in [2.75, 3.05) is 20.1 Å². The Bertz CT molecular complexity index is 442. The molecule has 1 aliphatic heterocycles. The van der Waals surface area contributed by atoms with Gasteiger partial charge in [-0.25, -0.2) is 0 Å². The minimum Gasteiger partial charge on any atom is -0.481 e. The van der Waals surface area contributed by atoms with Crippen LogP contribution in [0.25, 0.3) is 0 Å². The average Bonchev–Trinajstić information content (AvgIpc) is 2.44. The third-order valence-electron chi connectivity index (χ3n) is 3.56. The fourth-order valence-corrected chi connectivity index (χ4v) is 2.51. The van der Waals surface area contributed by atoms with Crippen molar-refractivity contribution in [3.05, 3.63) is 28.7 Å². The van der Waals surface area contributed by atoms with Gasteiger partial charge in [-0.15, -0.1) is 0 Å². The van der Waals surface area contributed by atoms with Gasteiger partial charge in [0.1, 0.15) is 5.75 Å². The molecule has 0 bridgehead atoms. The number of carbonyl (C=O) groups excluding carboxylic acids is 1. The van der Waals surface area contributed by atoms with Crippen LogP contribution in [0.5, 0.6) is 5.75 Å². The molecule has 0 spiro atoms. The highest BCUT2D eigenvalue weighted by atomic mass is 79.9. The fraction of sp³-hybridized carbons (Fsp3) is 0.533. The van der Waals surface area contributed by atoms with Crippen LogP contribution in [0.1, 0.15) is 19.8 Å². The number of halogens is 1. The summed E-state index contributed by atoms with van der Waals surface area (Å²) < 4.78 is 6.64. The molecule has 1 heterocycles. The van der Waals surface area contributed by atoms with Crippen LogP contribution in [0, 0.1) is 0 Å². The number of piperidine rings is 1. The van der Waals surface area contributed by atoms with Crippen LogP contribution in [-0.4, -0.2) is 43.1 Å². The Kier molecular flexibility index (Phi) is 5.43. The maximum Gasteiger partial charge on any atom is 0.260 e. The Balaban J connectivity index is 1.81. The summed E-state index contributed by atoms with van der Waals surface area (Å²) in [5.74, 6) is 0.668. The van der Waals surface area contributed by atoms with Crippen molar-refractivity contribution in [1.29, 1.82) is 0 Å². The van der Waals surface area contributed by atoms with Crippen LogP contribution in [0.3, 0.4) is 0 Å². The topological polar surface area (TPSA) is 41.6 Å². The van der Waals surface area contributed by atoms with Gasteiger partial charge in [0, 0.05) is 10.5 Å². The van der Waals surface area contributed by atoms with E-state index in [0.717, 1.165) is 30.4 Å². The van der Waals surface area contributed by atoms with Gasteiger partial charge >= 0.3 is 0 Å². The molecule has 0 radical (unpaired) electrons. The number of nitrogens with one attached hydrogen (secondary N) is 1. The molecular weight excluding hydrogens is 320 g/mol. The lowest BCUT2D eigenvalue weighted by atomic mass is 10.1. The minimum atomic E-state index is -0.476. The van der Waals surface area contributed by atoms with Gasteiger partial charge in [0.2, 0.25) is 0 Å². The van der Waals surface area contributed by atoms with E-state index in [1.165, 1.54) is 0 Å². The Morgan fingerprint density at radius 2 is 1.95 bits per heavy atom. The van der Waals surface area contributed by atoms with Crippen molar-refractivity contribution in [2.45, 2.75) is 31.9 Å². The number of hydrogen-bond acceptors (Lipinski definition) is 3. The summed E-state index contributed by atoms with van der Waals surface area (Å²) in [5.41, 5.74) is 0. The molecule has 0 aliphatic carbocycles. The van der Waals surface area contributed by atoms with E-state index in [9.17, 15) is 4.79 Å². The molecule has 1 aromatic carbocycles. The number of rotatable bonds is 4. The van der Waals surface area contributed by atoms with E-state index in [-0.39, 0.29) is 11.9 Å². The van der Waals surface area contributed by atoms with E-state index < -0.39 is 6.10 Å². The molecule has 20 heavy (non-hydrogen) atoms. The average molecular weight is 341 g/mol. The first-order valence-electron chi connectivity index (χ1n) is 6.96. The normalized spacial score (nSPS) is 18.6. The van der Waals surface area contributed by atoms with E-state index in [0.29, 0.717) is 5.75 Å². The molecule has 1 atom stereocenters. The third-order valence-corrected chi connectivity index (χ3v) is 4.09. The highest BCUT2D eigenvalue weighted by Gasteiger charge is 2.22. The van der Waals surface area contributed by atoms with Crippen LogP contribution < -0.4 is 10.1 Å². The molecule has 1 unspecified atom stereocenters. The van der Waals surface area contributed by atoms with Crippen molar-refractivity contribution in [3.63, 3.8) is 0 Å². The standard InChI is InChI=1S/C15H21BrN2O2/c1-11(20-14-5-3-12(16)4-6-14)15(19)17-13-7-9-18(2)10-8-13/h3-6,11,13H,7-10H2,1-2H3,(H,17,19). The highest BCUT2D eigenvalue weighted by molar-refractivity contribution is 9.10. The van der Waals surface area contributed by atoms with Crippen molar-refractivity contribution in [1.82, 2.24) is 10.2 Å². The van der Waals surface area contributed by atoms with E-state index in [4.69, 9.17) is 4.74 Å². The minimum absolute atomic E-state index is 0.0394. The van der Waals surface area contributed by atoms with Gasteiger partial charge in [0.15, 0.2) is 6.10 Å². The quantitative estimate of drug-likeness (QED) is 0.915. The maximum absolute atomic E-state index is 12.1. The lowest BCUT2D eigenvalue weighted by Crippen LogP contribution is -2.47. The van der Waals surface area contributed by atoms with E-state index in [1.54, 1.807) is 6.92 Å². The number of hydrogen-bond donors (Lipinski definition) is 1. The number of ether oxygens (including phenoxy) is 1. The number of benzene rings is 1. The first-order chi connectivity index (χ1) is 9.54. The summed E-state index contributed by atoms with van der Waals surface area (Å²) in [5, 5.41) is 3.07. The number of amides is 1. The predicted molar refractivity (Wildman–Crippen MR) is 82.9 cm³/mol. The monoisotopic (exact) mass is 340 g/mol. The predicted octanol–water partition coefficient (Wildman–Crippen LogP) is 2.43. The Hall–Kier alpha value is -1.07. The molecule has 1 saturated heterocycles. The Morgan fingerprint density at radius 3 is 2.55 bits per heavy atom. The zero-order chi connectivity index (χ0) is 14.5. The second kappa shape index (κ2) is 7.09. The molecule has 4 nitrogen and oxygen atoms in total. The highest BCUT2D eigenvalue weighted by Crippen LogP contribution is 2.17. The summed E-state index contributed by atoms with van der Waals surface area (Å²) in [6.07, 6.45) is 1.54. The van der Waals surface area contributed by atoms with E-state index in [2.05, 4.69) is 33.2 Å². The van der Waals surface area contributed by atoms with Crippen molar-refractivity contribution in [2.24, 2.45) is 0 Å². The molecule has 5 heteroatoms. The molecule has 0 aromatic heterocycles. The summed E-state index contributed by atoms with van der Waals surface area (Å²) in [4.78, 5) is 14.4. The molecule has 110 valence electrons. The molecule has 0 saturated carbocycles. The van der Waals surface area contributed by atoms with E-state index in [1.807, 2.05) is 24.3 Å². The van der Waals surface area contributed by atoms with Crippen LogP contribution in [-0.2, 0) is 4.79 Å². The lowest BCUT2D eigenvalue weighted by molar-refractivity contribution is -0.128.